The van der Waals surface area contributed by atoms with E-state index in [1.54, 1.807) is 18.9 Å². The molecule has 0 aliphatic carbocycles. The number of benzene rings is 2. The number of aromatic nitrogens is 4. The van der Waals surface area contributed by atoms with Crippen molar-refractivity contribution in [2.75, 3.05) is 19.5 Å². The fraction of sp³-hybridized carbons (Fsp3) is 0.263. The molecule has 2 aromatic carbocycles. The first-order valence-electron chi connectivity index (χ1n) is 8.54. The molecular weight excluding hydrogens is 348 g/mol. The highest BCUT2D eigenvalue weighted by Gasteiger charge is 2.16. The van der Waals surface area contributed by atoms with Gasteiger partial charge in [0.2, 0.25) is 5.78 Å². The van der Waals surface area contributed by atoms with Gasteiger partial charge in [0.15, 0.2) is 5.16 Å². The van der Waals surface area contributed by atoms with E-state index in [2.05, 4.69) is 38.2 Å². The van der Waals surface area contributed by atoms with Crippen molar-refractivity contribution in [2.24, 2.45) is 0 Å². The Labute approximate surface area is 155 Å². The first-order valence-corrected chi connectivity index (χ1v) is 9.52. The standard InChI is InChI=1S/C19H20N4O2S/c1-3-26-19-21-20-18-22(16-6-4-5-7-17(16)23(18)19)12-13-25-15-10-8-14(24-2)9-11-15/h4-11H,3,12-13H2,1-2H3. The number of hydrogen-bond acceptors (Lipinski definition) is 5. The summed E-state index contributed by atoms with van der Waals surface area (Å²) >= 11 is 1.70. The van der Waals surface area contributed by atoms with Crippen LogP contribution >= 0.6 is 11.8 Å². The highest BCUT2D eigenvalue weighted by atomic mass is 32.2. The van der Waals surface area contributed by atoms with E-state index in [1.165, 1.54) is 0 Å². The molecule has 7 heteroatoms. The first kappa shape index (κ1) is 16.8. The summed E-state index contributed by atoms with van der Waals surface area (Å²) in [7, 11) is 1.65. The molecule has 2 heterocycles. The Morgan fingerprint density at radius 1 is 0.962 bits per heavy atom. The minimum absolute atomic E-state index is 0.545. The molecule has 0 atom stereocenters. The van der Waals surface area contributed by atoms with Gasteiger partial charge in [0, 0.05) is 0 Å². The van der Waals surface area contributed by atoms with E-state index in [4.69, 9.17) is 9.47 Å². The van der Waals surface area contributed by atoms with Gasteiger partial charge >= 0.3 is 0 Å². The number of para-hydroxylation sites is 2. The molecule has 0 bridgehead atoms. The van der Waals surface area contributed by atoms with Gasteiger partial charge in [0.25, 0.3) is 0 Å². The van der Waals surface area contributed by atoms with Gasteiger partial charge in [-0.2, -0.15) is 0 Å². The lowest BCUT2D eigenvalue weighted by atomic mass is 10.3. The van der Waals surface area contributed by atoms with Crippen LogP contribution in [-0.4, -0.2) is 38.6 Å². The fourth-order valence-electron chi connectivity index (χ4n) is 3.01. The molecular formula is C19H20N4O2S. The first-order chi connectivity index (χ1) is 12.8. The zero-order chi connectivity index (χ0) is 17.9. The van der Waals surface area contributed by atoms with Gasteiger partial charge in [-0.1, -0.05) is 30.8 Å². The third kappa shape index (κ3) is 2.99. The van der Waals surface area contributed by atoms with Crippen molar-refractivity contribution in [3.8, 4) is 11.5 Å². The fourth-order valence-corrected chi connectivity index (χ4v) is 3.67. The van der Waals surface area contributed by atoms with Gasteiger partial charge in [-0.15, -0.1) is 10.2 Å². The average Bonchev–Trinajstić information content (AvgIpc) is 3.22. The maximum absolute atomic E-state index is 5.89. The molecule has 26 heavy (non-hydrogen) atoms. The summed E-state index contributed by atoms with van der Waals surface area (Å²) in [6.07, 6.45) is 0. The number of methoxy groups -OCH3 is 1. The quantitative estimate of drug-likeness (QED) is 0.463. The summed E-state index contributed by atoms with van der Waals surface area (Å²) in [5.74, 6) is 3.45. The van der Waals surface area contributed by atoms with Gasteiger partial charge in [0.05, 0.1) is 24.7 Å². The highest BCUT2D eigenvalue weighted by molar-refractivity contribution is 7.99. The number of rotatable bonds is 7. The molecule has 0 radical (unpaired) electrons. The van der Waals surface area contributed by atoms with E-state index >= 15 is 0 Å². The van der Waals surface area contributed by atoms with Crippen LogP contribution in [0.2, 0.25) is 0 Å². The second kappa shape index (κ2) is 7.29. The molecule has 4 rings (SSSR count). The summed E-state index contributed by atoms with van der Waals surface area (Å²) in [4.78, 5) is 0. The predicted octanol–water partition coefficient (Wildman–Crippen LogP) is 3.88. The Bertz CT molecular complexity index is 1020. The van der Waals surface area contributed by atoms with E-state index in [-0.39, 0.29) is 0 Å². The summed E-state index contributed by atoms with van der Waals surface area (Å²) in [5.41, 5.74) is 2.25. The van der Waals surface area contributed by atoms with Crippen molar-refractivity contribution in [2.45, 2.75) is 18.6 Å². The van der Waals surface area contributed by atoms with Crippen LogP contribution in [0.5, 0.6) is 11.5 Å². The van der Waals surface area contributed by atoms with Gasteiger partial charge in [-0.25, -0.2) is 0 Å². The van der Waals surface area contributed by atoms with Crippen molar-refractivity contribution in [3.05, 3.63) is 48.5 Å². The van der Waals surface area contributed by atoms with Crippen molar-refractivity contribution < 1.29 is 9.47 Å². The van der Waals surface area contributed by atoms with Crippen LogP contribution in [0.1, 0.15) is 6.92 Å². The van der Waals surface area contributed by atoms with E-state index in [0.29, 0.717) is 13.2 Å². The molecule has 0 aliphatic heterocycles. The van der Waals surface area contributed by atoms with Crippen LogP contribution in [0.3, 0.4) is 0 Å². The second-order valence-electron chi connectivity index (χ2n) is 5.72. The Kier molecular flexibility index (Phi) is 4.71. The van der Waals surface area contributed by atoms with Crippen LogP contribution < -0.4 is 9.47 Å². The Hall–Kier alpha value is -2.67. The maximum atomic E-state index is 5.89. The van der Waals surface area contributed by atoms with Gasteiger partial charge < -0.3 is 14.0 Å². The molecule has 2 aromatic heterocycles. The maximum Gasteiger partial charge on any atom is 0.237 e. The Morgan fingerprint density at radius 2 is 1.69 bits per heavy atom. The Balaban J connectivity index is 1.60. The van der Waals surface area contributed by atoms with Crippen LogP contribution in [0.4, 0.5) is 0 Å². The molecule has 0 N–H and O–H groups in total. The smallest absolute Gasteiger partial charge is 0.237 e. The number of thioether (sulfide) groups is 1. The minimum Gasteiger partial charge on any atom is -0.497 e. The number of fused-ring (bicyclic) bond motifs is 3. The van der Waals surface area contributed by atoms with Crippen molar-refractivity contribution in [3.63, 3.8) is 0 Å². The summed E-state index contributed by atoms with van der Waals surface area (Å²) in [6.45, 7) is 3.36. The van der Waals surface area contributed by atoms with Crippen molar-refractivity contribution in [1.82, 2.24) is 19.2 Å². The van der Waals surface area contributed by atoms with Gasteiger partial charge in [-0.3, -0.25) is 4.40 Å². The van der Waals surface area contributed by atoms with E-state index in [0.717, 1.165) is 39.2 Å². The SMILES string of the molecule is CCSc1nnc2n(CCOc3ccc(OC)cc3)c3ccccc3n12. The number of nitrogens with zero attached hydrogens (tertiary/aromatic N) is 4. The normalized spacial score (nSPS) is 11.3. The van der Waals surface area contributed by atoms with Gasteiger partial charge in [-0.05, 0) is 42.2 Å². The molecule has 0 saturated carbocycles. The molecule has 0 amide bonds. The van der Waals surface area contributed by atoms with Crippen LogP contribution in [0.25, 0.3) is 16.8 Å². The average molecular weight is 368 g/mol. The summed E-state index contributed by atoms with van der Waals surface area (Å²) in [5, 5.41) is 9.67. The molecule has 0 fully saturated rings. The van der Waals surface area contributed by atoms with E-state index in [1.807, 2.05) is 36.4 Å². The zero-order valence-corrected chi connectivity index (χ0v) is 15.6. The zero-order valence-electron chi connectivity index (χ0n) is 14.8. The lowest BCUT2D eigenvalue weighted by molar-refractivity contribution is 0.301. The predicted molar refractivity (Wildman–Crippen MR) is 103 cm³/mol. The minimum atomic E-state index is 0.545. The van der Waals surface area contributed by atoms with Gasteiger partial charge in [0.1, 0.15) is 18.1 Å². The molecule has 4 aromatic rings. The molecule has 6 nitrogen and oxygen atoms in total. The Morgan fingerprint density at radius 3 is 2.42 bits per heavy atom. The van der Waals surface area contributed by atoms with E-state index < -0.39 is 0 Å². The third-order valence-electron chi connectivity index (χ3n) is 4.19. The summed E-state index contributed by atoms with van der Waals surface area (Å²) in [6, 6.07) is 15.9. The third-order valence-corrected chi connectivity index (χ3v) is 5.00. The highest BCUT2D eigenvalue weighted by Crippen LogP contribution is 2.25. The van der Waals surface area contributed by atoms with Crippen LogP contribution in [0.15, 0.2) is 53.7 Å². The molecule has 0 aliphatic rings. The largest absolute Gasteiger partial charge is 0.497 e. The second-order valence-corrected chi connectivity index (χ2v) is 6.95. The van der Waals surface area contributed by atoms with Crippen LogP contribution in [0, 0.1) is 0 Å². The molecule has 0 spiro atoms. The molecule has 134 valence electrons. The van der Waals surface area contributed by atoms with Crippen molar-refractivity contribution in [1.29, 1.82) is 0 Å². The lowest BCUT2D eigenvalue weighted by Crippen LogP contribution is -2.08. The molecule has 0 saturated heterocycles. The number of imidazole rings is 1. The summed E-state index contributed by atoms with van der Waals surface area (Å²) < 4.78 is 15.3. The van der Waals surface area contributed by atoms with Crippen molar-refractivity contribution >= 4 is 28.6 Å². The lowest BCUT2D eigenvalue weighted by Gasteiger charge is -2.08. The number of ether oxygens (including phenoxy) is 2. The topological polar surface area (TPSA) is 53.6 Å². The monoisotopic (exact) mass is 368 g/mol. The van der Waals surface area contributed by atoms with E-state index in [9.17, 15) is 0 Å². The number of hydrogen-bond donors (Lipinski definition) is 0. The molecule has 0 unspecified atom stereocenters. The van der Waals surface area contributed by atoms with Crippen LogP contribution in [-0.2, 0) is 6.54 Å².